The zero-order valence-electron chi connectivity index (χ0n) is 17.9. The molecule has 0 radical (unpaired) electrons. The van der Waals surface area contributed by atoms with E-state index in [9.17, 15) is 4.39 Å². The number of halogens is 1. The predicted octanol–water partition coefficient (Wildman–Crippen LogP) is 2.10. The smallest absolute Gasteiger partial charge is 0.193 e. The molecule has 0 saturated heterocycles. The summed E-state index contributed by atoms with van der Waals surface area (Å²) in [5.41, 5.74) is -0.294. The van der Waals surface area contributed by atoms with E-state index in [0.717, 1.165) is 12.0 Å². The third kappa shape index (κ3) is 5.91. The van der Waals surface area contributed by atoms with Gasteiger partial charge in [0.1, 0.15) is 11.4 Å². The predicted molar refractivity (Wildman–Crippen MR) is 112 cm³/mol. The molecule has 0 unspecified atom stereocenters. The van der Waals surface area contributed by atoms with Crippen LogP contribution in [0.4, 0.5) is 4.39 Å². The van der Waals surface area contributed by atoms with Gasteiger partial charge in [0, 0.05) is 46.6 Å². The Morgan fingerprint density at radius 2 is 2.00 bits per heavy atom. The lowest BCUT2D eigenvalue weighted by Gasteiger charge is -2.32. The summed E-state index contributed by atoms with van der Waals surface area (Å²) in [6.45, 7) is 1.68. The number of aromatic nitrogens is 4. The number of hydrogen-bond acceptors (Lipinski definition) is 8. The molecule has 0 saturated carbocycles. The molecule has 1 aromatic heterocycles. The zero-order chi connectivity index (χ0) is 22.2. The molecule has 1 N–H and O–H groups in total. The minimum atomic E-state index is -0.767. The number of aryl methyl sites for hydroxylation is 2. The van der Waals surface area contributed by atoms with E-state index in [1.807, 2.05) is 6.07 Å². The molecular weight excluding hydrogens is 401 g/mol. The fourth-order valence-corrected chi connectivity index (χ4v) is 3.64. The van der Waals surface area contributed by atoms with Crippen molar-refractivity contribution in [1.29, 1.82) is 0 Å². The van der Waals surface area contributed by atoms with Gasteiger partial charge in [-0.1, -0.05) is 12.1 Å². The van der Waals surface area contributed by atoms with Crippen molar-refractivity contribution < 1.29 is 13.9 Å². The molecule has 10 heteroatoms. The van der Waals surface area contributed by atoms with Crippen LogP contribution in [0, 0.1) is 18.2 Å². The number of benzene rings is 1. The van der Waals surface area contributed by atoms with Crippen LogP contribution in [-0.2, 0) is 28.0 Å². The first kappa shape index (κ1) is 22.9. The number of nitrogens with one attached hydrogen (secondary N) is 1. The van der Waals surface area contributed by atoms with Gasteiger partial charge in [0.2, 0.25) is 0 Å². The third-order valence-corrected chi connectivity index (χ3v) is 5.28. The van der Waals surface area contributed by atoms with Crippen molar-refractivity contribution in [2.45, 2.75) is 43.4 Å². The van der Waals surface area contributed by atoms with Crippen molar-refractivity contribution in [2.75, 3.05) is 34.0 Å². The van der Waals surface area contributed by atoms with E-state index in [0.29, 0.717) is 51.4 Å². The Kier molecular flexibility index (Phi) is 7.79. The van der Waals surface area contributed by atoms with Crippen LogP contribution in [0.2, 0.25) is 0 Å². The minimum absolute atomic E-state index is 0.265. The number of tetrazole rings is 1. The van der Waals surface area contributed by atoms with Gasteiger partial charge < -0.3 is 14.8 Å². The molecular formula is C21H28FN7O2. The molecule has 166 valence electrons. The van der Waals surface area contributed by atoms with Gasteiger partial charge in [-0.05, 0) is 34.5 Å². The molecule has 31 heavy (non-hydrogen) atoms. The molecule has 2 heterocycles. The van der Waals surface area contributed by atoms with E-state index >= 15 is 0 Å². The molecule has 0 atom stereocenters. The van der Waals surface area contributed by atoms with E-state index in [1.165, 1.54) is 12.1 Å². The van der Waals surface area contributed by atoms with Crippen molar-refractivity contribution in [2.24, 2.45) is 10.2 Å². The summed E-state index contributed by atoms with van der Waals surface area (Å²) >= 11 is 0. The van der Waals surface area contributed by atoms with Gasteiger partial charge in [0.15, 0.2) is 11.5 Å². The maximum atomic E-state index is 13.5. The molecule has 1 aliphatic heterocycles. The Labute approximate surface area is 181 Å². The van der Waals surface area contributed by atoms with Gasteiger partial charge in [0.05, 0.1) is 13.2 Å². The van der Waals surface area contributed by atoms with Gasteiger partial charge >= 0.3 is 0 Å². The molecule has 0 spiro atoms. The number of methoxy groups -OCH3 is 2. The normalized spacial score (nSPS) is 14.5. The van der Waals surface area contributed by atoms with E-state index in [1.54, 1.807) is 25.0 Å². The summed E-state index contributed by atoms with van der Waals surface area (Å²) in [6, 6.07) is 6.50. The Hall–Kier alpha value is -2.74. The third-order valence-electron chi connectivity index (χ3n) is 5.28. The van der Waals surface area contributed by atoms with E-state index in [2.05, 4.69) is 37.0 Å². The summed E-state index contributed by atoms with van der Waals surface area (Å²) in [6.07, 6.45) is 8.02. The van der Waals surface area contributed by atoms with Crippen LogP contribution in [0.3, 0.4) is 0 Å². The van der Waals surface area contributed by atoms with E-state index in [-0.39, 0.29) is 5.82 Å². The second-order valence-corrected chi connectivity index (χ2v) is 7.62. The highest BCUT2D eigenvalue weighted by Crippen LogP contribution is 2.36. The van der Waals surface area contributed by atoms with Crippen molar-refractivity contribution in [1.82, 2.24) is 25.5 Å². The van der Waals surface area contributed by atoms with Crippen LogP contribution < -0.4 is 5.32 Å². The molecule has 0 amide bonds. The average Bonchev–Trinajstić information content (AvgIpc) is 3.36. The molecule has 3 rings (SSSR count). The highest BCUT2D eigenvalue weighted by molar-refractivity contribution is 5.16. The number of terminal acetylenes is 1. The first-order chi connectivity index (χ1) is 15.1. The summed E-state index contributed by atoms with van der Waals surface area (Å²) in [4.78, 5) is 0. The summed E-state index contributed by atoms with van der Waals surface area (Å²) in [5.74, 6) is 2.97. The maximum absolute atomic E-state index is 13.5. The lowest BCUT2D eigenvalue weighted by atomic mass is 9.98. The van der Waals surface area contributed by atoms with Crippen LogP contribution in [0.5, 0.6) is 0 Å². The van der Waals surface area contributed by atoms with Crippen molar-refractivity contribution in [3.8, 4) is 12.3 Å². The Morgan fingerprint density at radius 3 is 2.65 bits per heavy atom. The number of rotatable bonds is 14. The van der Waals surface area contributed by atoms with E-state index < -0.39 is 11.2 Å². The van der Waals surface area contributed by atoms with Crippen LogP contribution >= 0.6 is 0 Å². The molecule has 9 nitrogen and oxygen atoms in total. The first-order valence-electron chi connectivity index (χ1n) is 10.2. The highest BCUT2D eigenvalue weighted by atomic mass is 19.1. The van der Waals surface area contributed by atoms with Gasteiger partial charge in [-0.3, -0.25) is 0 Å². The summed E-state index contributed by atoms with van der Waals surface area (Å²) < 4.78 is 26.2. The second-order valence-electron chi connectivity index (χ2n) is 7.62. The zero-order valence-corrected chi connectivity index (χ0v) is 17.9. The summed E-state index contributed by atoms with van der Waals surface area (Å²) in [7, 11) is 3.24. The van der Waals surface area contributed by atoms with Gasteiger partial charge in [0.25, 0.3) is 0 Å². The highest BCUT2D eigenvalue weighted by Gasteiger charge is 2.42. The first-order valence-corrected chi connectivity index (χ1v) is 10.2. The molecule has 0 bridgehead atoms. The number of hydrogen-bond donors (Lipinski definition) is 1. The van der Waals surface area contributed by atoms with Crippen LogP contribution in [-0.4, -0.2) is 59.8 Å². The maximum Gasteiger partial charge on any atom is 0.193 e. The fourth-order valence-electron chi connectivity index (χ4n) is 3.64. The topological polar surface area (TPSA) is 98.8 Å². The Morgan fingerprint density at radius 1 is 1.23 bits per heavy atom. The second kappa shape index (κ2) is 10.5. The molecule has 2 aromatic rings. The molecule has 0 fully saturated rings. The Balaban J connectivity index is 1.72. The van der Waals surface area contributed by atoms with Gasteiger partial charge in [-0.25, -0.2) is 9.07 Å². The van der Waals surface area contributed by atoms with E-state index in [4.69, 9.17) is 15.9 Å². The fraction of sp³-hybridized carbons (Fsp3) is 0.571. The molecule has 1 aliphatic rings. The lowest BCUT2D eigenvalue weighted by molar-refractivity contribution is 0.0313. The number of ether oxygens (including phenoxy) is 2. The Bertz CT molecular complexity index is 912. The average molecular weight is 430 g/mol. The van der Waals surface area contributed by atoms with Crippen LogP contribution in [0.15, 0.2) is 34.5 Å². The van der Waals surface area contributed by atoms with Crippen molar-refractivity contribution >= 4 is 0 Å². The monoisotopic (exact) mass is 429 g/mol. The minimum Gasteiger partial charge on any atom is -0.382 e. The largest absolute Gasteiger partial charge is 0.382 e. The quantitative estimate of drug-likeness (QED) is 0.462. The van der Waals surface area contributed by atoms with Crippen LogP contribution in [0.1, 0.15) is 30.7 Å². The lowest BCUT2D eigenvalue weighted by Crippen LogP contribution is -2.52. The van der Waals surface area contributed by atoms with Crippen LogP contribution in [0.25, 0.3) is 0 Å². The standard InChI is InChI=1S/C21H28FN7O2/c1-4-5-10-21(25-26-21)11-12-23-20(15-30-2,16-31-3)19-24-27-28-29(19)13-9-17-7-6-8-18(22)14-17/h1,6-8,14,23H,5,9-13,15-16H2,2-3H3. The molecule has 0 aliphatic carbocycles. The summed E-state index contributed by atoms with van der Waals surface area (Å²) in [5, 5.41) is 24.2. The molecule has 1 aromatic carbocycles. The van der Waals surface area contributed by atoms with Crippen molar-refractivity contribution in [3.05, 3.63) is 41.5 Å². The van der Waals surface area contributed by atoms with Crippen molar-refractivity contribution in [3.63, 3.8) is 0 Å². The van der Waals surface area contributed by atoms with Gasteiger partial charge in [-0.2, -0.15) is 10.2 Å². The number of nitrogens with zero attached hydrogens (tertiary/aromatic N) is 6. The SMILES string of the molecule is C#CCCC1(CCNC(COC)(COC)c2nnnn2CCc2cccc(F)c2)N=N1. The van der Waals surface area contributed by atoms with Gasteiger partial charge in [-0.15, -0.1) is 17.4 Å².